The van der Waals surface area contributed by atoms with E-state index in [0.29, 0.717) is 5.56 Å². The lowest BCUT2D eigenvalue weighted by Crippen LogP contribution is -2.13. The van der Waals surface area contributed by atoms with Gasteiger partial charge in [0, 0.05) is 13.1 Å². The van der Waals surface area contributed by atoms with Crippen LogP contribution in [-0.4, -0.2) is 26.0 Å². The summed E-state index contributed by atoms with van der Waals surface area (Å²) < 4.78 is 4.57. The molecular formula is C12H13NO3. The third-order valence-electron chi connectivity index (χ3n) is 2.01. The van der Waals surface area contributed by atoms with Crippen LogP contribution in [0.4, 0.5) is 0 Å². The number of ether oxygens (including phenoxy) is 1. The Morgan fingerprint density at radius 1 is 1.25 bits per heavy atom. The highest BCUT2D eigenvalue weighted by molar-refractivity contribution is 5.92. The fraction of sp³-hybridized carbons (Fsp3) is 0.167. The van der Waals surface area contributed by atoms with Crippen LogP contribution in [0.3, 0.4) is 0 Å². The van der Waals surface area contributed by atoms with Gasteiger partial charge in [0.2, 0.25) is 5.91 Å². The van der Waals surface area contributed by atoms with Gasteiger partial charge in [-0.2, -0.15) is 0 Å². The van der Waals surface area contributed by atoms with Crippen LogP contribution in [-0.2, 0) is 9.53 Å². The van der Waals surface area contributed by atoms with Crippen LogP contribution >= 0.6 is 0 Å². The van der Waals surface area contributed by atoms with E-state index >= 15 is 0 Å². The first kappa shape index (κ1) is 12.0. The summed E-state index contributed by atoms with van der Waals surface area (Å²) in [5.41, 5.74) is 1.33. The van der Waals surface area contributed by atoms with E-state index in [1.54, 1.807) is 37.4 Å². The van der Waals surface area contributed by atoms with Gasteiger partial charge < -0.3 is 10.1 Å². The minimum atomic E-state index is -0.373. The lowest BCUT2D eigenvalue weighted by Gasteiger charge is -1.99. The molecule has 0 aromatic heterocycles. The van der Waals surface area contributed by atoms with Crippen LogP contribution in [0, 0.1) is 0 Å². The van der Waals surface area contributed by atoms with Crippen molar-refractivity contribution in [2.24, 2.45) is 0 Å². The zero-order chi connectivity index (χ0) is 12.0. The summed E-state index contributed by atoms with van der Waals surface area (Å²) in [6.07, 6.45) is 3.09. The predicted octanol–water partition coefficient (Wildman–Crippen LogP) is 1.23. The van der Waals surface area contributed by atoms with E-state index in [1.165, 1.54) is 13.2 Å². The maximum Gasteiger partial charge on any atom is 0.337 e. The van der Waals surface area contributed by atoms with E-state index in [2.05, 4.69) is 10.1 Å². The first-order valence-corrected chi connectivity index (χ1v) is 4.75. The minimum absolute atomic E-state index is 0.169. The normalized spacial score (nSPS) is 10.1. The molecule has 0 heterocycles. The highest BCUT2D eigenvalue weighted by Crippen LogP contribution is 2.07. The molecule has 0 saturated carbocycles. The third kappa shape index (κ3) is 3.24. The maximum atomic E-state index is 11.1. The molecule has 16 heavy (non-hydrogen) atoms. The summed E-state index contributed by atoms with van der Waals surface area (Å²) in [4.78, 5) is 22.1. The predicted molar refractivity (Wildman–Crippen MR) is 60.9 cm³/mol. The average molecular weight is 219 g/mol. The molecule has 1 N–H and O–H groups in total. The lowest BCUT2D eigenvalue weighted by atomic mass is 10.1. The van der Waals surface area contributed by atoms with Crippen molar-refractivity contribution in [3.05, 3.63) is 41.5 Å². The Morgan fingerprint density at radius 3 is 2.38 bits per heavy atom. The van der Waals surface area contributed by atoms with Crippen LogP contribution in [0.25, 0.3) is 6.08 Å². The summed E-state index contributed by atoms with van der Waals surface area (Å²) in [6.45, 7) is 0. The van der Waals surface area contributed by atoms with Crippen molar-refractivity contribution >= 4 is 18.0 Å². The SMILES string of the molecule is CNC(=O)/C=C/c1ccc(C(=O)OC)cc1. The van der Waals surface area contributed by atoms with Crippen molar-refractivity contribution in [3.8, 4) is 0 Å². The molecule has 0 radical (unpaired) electrons. The molecule has 0 spiro atoms. The van der Waals surface area contributed by atoms with Gasteiger partial charge in [-0.1, -0.05) is 12.1 Å². The second-order valence-electron chi connectivity index (χ2n) is 3.06. The maximum absolute atomic E-state index is 11.1. The average Bonchev–Trinajstić information content (AvgIpc) is 2.35. The summed E-state index contributed by atoms with van der Waals surface area (Å²) in [5.74, 6) is -0.543. The minimum Gasteiger partial charge on any atom is -0.465 e. The van der Waals surface area contributed by atoms with Gasteiger partial charge in [0.05, 0.1) is 12.7 Å². The molecule has 4 nitrogen and oxygen atoms in total. The number of methoxy groups -OCH3 is 1. The Kier molecular flexibility index (Phi) is 4.27. The fourth-order valence-electron chi connectivity index (χ4n) is 1.10. The van der Waals surface area contributed by atoms with Crippen molar-refractivity contribution in [2.45, 2.75) is 0 Å². The van der Waals surface area contributed by atoms with Crippen LogP contribution in [0.1, 0.15) is 15.9 Å². The molecular weight excluding hydrogens is 206 g/mol. The van der Waals surface area contributed by atoms with Crippen LogP contribution in [0.2, 0.25) is 0 Å². The van der Waals surface area contributed by atoms with Crippen molar-refractivity contribution in [3.63, 3.8) is 0 Å². The number of hydrogen-bond acceptors (Lipinski definition) is 3. The first-order valence-electron chi connectivity index (χ1n) is 4.75. The summed E-state index contributed by atoms with van der Waals surface area (Å²) >= 11 is 0. The van der Waals surface area contributed by atoms with Crippen LogP contribution in [0.15, 0.2) is 30.3 Å². The van der Waals surface area contributed by atoms with Crippen molar-refractivity contribution in [2.75, 3.05) is 14.2 Å². The Balaban J connectivity index is 2.75. The molecule has 1 aromatic carbocycles. The van der Waals surface area contributed by atoms with Gasteiger partial charge >= 0.3 is 5.97 Å². The number of carbonyl (C=O) groups is 2. The highest BCUT2D eigenvalue weighted by atomic mass is 16.5. The molecule has 1 aromatic rings. The number of benzene rings is 1. The lowest BCUT2D eigenvalue weighted by molar-refractivity contribution is -0.115. The summed E-state index contributed by atoms with van der Waals surface area (Å²) in [6, 6.07) is 6.78. The van der Waals surface area contributed by atoms with E-state index < -0.39 is 0 Å². The van der Waals surface area contributed by atoms with Gasteiger partial charge in [-0.15, -0.1) is 0 Å². The molecule has 4 heteroatoms. The highest BCUT2D eigenvalue weighted by Gasteiger charge is 2.02. The van der Waals surface area contributed by atoms with Crippen molar-refractivity contribution in [1.29, 1.82) is 0 Å². The zero-order valence-electron chi connectivity index (χ0n) is 9.19. The molecule has 1 rings (SSSR count). The van der Waals surface area contributed by atoms with Crippen molar-refractivity contribution < 1.29 is 14.3 Å². The Bertz CT molecular complexity index is 407. The molecule has 0 bridgehead atoms. The molecule has 0 aliphatic heterocycles. The summed E-state index contributed by atoms with van der Waals surface area (Å²) in [7, 11) is 2.90. The smallest absolute Gasteiger partial charge is 0.337 e. The molecule has 0 atom stereocenters. The van der Waals surface area contributed by atoms with Crippen LogP contribution < -0.4 is 5.32 Å². The topological polar surface area (TPSA) is 55.4 Å². The number of amides is 1. The number of carbonyl (C=O) groups excluding carboxylic acids is 2. The fourth-order valence-corrected chi connectivity index (χ4v) is 1.10. The van der Waals surface area contributed by atoms with E-state index in [0.717, 1.165) is 5.56 Å². The summed E-state index contributed by atoms with van der Waals surface area (Å²) in [5, 5.41) is 2.47. The second kappa shape index (κ2) is 5.70. The number of likely N-dealkylation sites (N-methyl/N-ethyl adjacent to an activating group) is 1. The molecule has 0 aliphatic rings. The van der Waals surface area contributed by atoms with Crippen LogP contribution in [0.5, 0.6) is 0 Å². The molecule has 0 unspecified atom stereocenters. The number of nitrogens with one attached hydrogen (secondary N) is 1. The molecule has 0 saturated heterocycles. The first-order chi connectivity index (χ1) is 7.67. The number of rotatable bonds is 3. The van der Waals surface area contributed by atoms with Crippen molar-refractivity contribution in [1.82, 2.24) is 5.32 Å². The second-order valence-corrected chi connectivity index (χ2v) is 3.06. The standard InChI is InChI=1S/C12H13NO3/c1-13-11(14)8-5-9-3-6-10(7-4-9)12(15)16-2/h3-8H,1-2H3,(H,13,14)/b8-5+. The number of esters is 1. The van der Waals surface area contributed by atoms with E-state index in [9.17, 15) is 9.59 Å². The quantitative estimate of drug-likeness (QED) is 0.614. The Labute approximate surface area is 93.9 Å². The van der Waals surface area contributed by atoms with E-state index in [1.807, 2.05) is 0 Å². The largest absolute Gasteiger partial charge is 0.465 e. The van der Waals surface area contributed by atoms with Gasteiger partial charge in [0.15, 0.2) is 0 Å². The molecule has 0 aliphatic carbocycles. The van der Waals surface area contributed by atoms with Gasteiger partial charge in [-0.25, -0.2) is 4.79 Å². The molecule has 0 fully saturated rings. The molecule has 84 valence electrons. The van der Waals surface area contributed by atoms with E-state index in [4.69, 9.17) is 0 Å². The number of hydrogen-bond donors (Lipinski definition) is 1. The van der Waals surface area contributed by atoms with Gasteiger partial charge in [0.25, 0.3) is 0 Å². The van der Waals surface area contributed by atoms with E-state index in [-0.39, 0.29) is 11.9 Å². The zero-order valence-corrected chi connectivity index (χ0v) is 9.19. The third-order valence-corrected chi connectivity index (χ3v) is 2.01. The molecule has 1 amide bonds. The van der Waals surface area contributed by atoms with Gasteiger partial charge in [-0.05, 0) is 23.8 Å². The Morgan fingerprint density at radius 2 is 1.88 bits per heavy atom. The van der Waals surface area contributed by atoms with Gasteiger partial charge in [-0.3, -0.25) is 4.79 Å². The monoisotopic (exact) mass is 219 g/mol. The Hall–Kier alpha value is -2.10. The van der Waals surface area contributed by atoms with Gasteiger partial charge in [0.1, 0.15) is 0 Å².